The largest absolute Gasteiger partial charge is 0.369 e. The zero-order chi connectivity index (χ0) is 16.9. The molecule has 1 aromatic carbocycles. The highest BCUT2D eigenvalue weighted by molar-refractivity contribution is 7.55. The SMILES string of the molecule is CCCCOP(C)(=O)N1CCN(c2ccc([N+](=O)[O-])cc2)CC1. The van der Waals surface area contributed by atoms with Crippen LogP contribution in [0.4, 0.5) is 11.4 Å². The van der Waals surface area contributed by atoms with E-state index >= 15 is 0 Å². The third-order valence-electron chi connectivity index (χ3n) is 4.02. The molecule has 0 spiro atoms. The number of anilines is 1. The molecule has 1 aliphatic rings. The number of piperazine rings is 1. The van der Waals surface area contributed by atoms with E-state index in [1.807, 2.05) is 4.67 Å². The summed E-state index contributed by atoms with van der Waals surface area (Å²) in [5, 5.41) is 10.7. The molecule has 0 aromatic heterocycles. The van der Waals surface area contributed by atoms with E-state index < -0.39 is 12.4 Å². The van der Waals surface area contributed by atoms with E-state index in [-0.39, 0.29) is 5.69 Å². The van der Waals surface area contributed by atoms with E-state index in [4.69, 9.17) is 4.52 Å². The average molecular weight is 341 g/mol. The zero-order valence-electron chi connectivity index (χ0n) is 13.7. The van der Waals surface area contributed by atoms with E-state index in [9.17, 15) is 14.7 Å². The first-order chi connectivity index (χ1) is 10.9. The van der Waals surface area contributed by atoms with Crippen molar-refractivity contribution in [3.8, 4) is 0 Å². The first-order valence-electron chi connectivity index (χ1n) is 7.91. The normalized spacial score (nSPS) is 18.6. The first-order valence-corrected chi connectivity index (χ1v) is 9.93. The molecule has 0 amide bonds. The van der Waals surface area contributed by atoms with Gasteiger partial charge < -0.3 is 9.42 Å². The van der Waals surface area contributed by atoms with Crippen LogP contribution in [0.2, 0.25) is 0 Å². The van der Waals surface area contributed by atoms with Crippen LogP contribution in [0.25, 0.3) is 0 Å². The van der Waals surface area contributed by atoms with Crippen molar-refractivity contribution < 1.29 is 14.0 Å². The Morgan fingerprint density at radius 2 is 1.83 bits per heavy atom. The highest BCUT2D eigenvalue weighted by Gasteiger charge is 2.29. The van der Waals surface area contributed by atoms with Gasteiger partial charge >= 0.3 is 0 Å². The molecule has 1 saturated heterocycles. The Bertz CT molecular complexity index is 571. The number of rotatable bonds is 7. The van der Waals surface area contributed by atoms with Crippen molar-refractivity contribution in [1.29, 1.82) is 0 Å². The maximum absolute atomic E-state index is 12.6. The van der Waals surface area contributed by atoms with Crippen LogP contribution >= 0.6 is 7.52 Å². The maximum Gasteiger partial charge on any atom is 0.269 e. The number of benzene rings is 1. The minimum atomic E-state index is -2.72. The van der Waals surface area contributed by atoms with Crippen LogP contribution < -0.4 is 4.90 Å². The summed E-state index contributed by atoms with van der Waals surface area (Å²) in [5.41, 5.74) is 1.04. The molecule has 0 bridgehead atoms. The highest BCUT2D eigenvalue weighted by Crippen LogP contribution is 2.47. The lowest BCUT2D eigenvalue weighted by molar-refractivity contribution is -0.384. The first kappa shape index (κ1) is 17.9. The number of unbranched alkanes of at least 4 members (excludes halogenated alkanes) is 1. The van der Waals surface area contributed by atoms with Crippen molar-refractivity contribution in [1.82, 2.24) is 4.67 Å². The van der Waals surface area contributed by atoms with Gasteiger partial charge in [0, 0.05) is 50.7 Å². The van der Waals surface area contributed by atoms with Crippen molar-refractivity contribution in [2.45, 2.75) is 19.8 Å². The van der Waals surface area contributed by atoms with E-state index in [0.717, 1.165) is 31.6 Å². The van der Waals surface area contributed by atoms with Gasteiger partial charge in [0.05, 0.1) is 11.5 Å². The molecule has 1 atom stereocenters. The van der Waals surface area contributed by atoms with Gasteiger partial charge in [-0.2, -0.15) is 0 Å². The van der Waals surface area contributed by atoms with E-state index in [2.05, 4.69) is 11.8 Å². The third-order valence-corrected chi connectivity index (χ3v) is 6.11. The molecule has 1 aromatic rings. The zero-order valence-corrected chi connectivity index (χ0v) is 14.6. The minimum absolute atomic E-state index is 0.0924. The summed E-state index contributed by atoms with van der Waals surface area (Å²) in [6, 6.07) is 6.55. The number of nitrogens with zero attached hydrogens (tertiary/aromatic N) is 3. The van der Waals surface area contributed by atoms with E-state index in [1.54, 1.807) is 18.8 Å². The second-order valence-corrected chi connectivity index (χ2v) is 8.13. The quantitative estimate of drug-likeness (QED) is 0.328. The highest BCUT2D eigenvalue weighted by atomic mass is 31.2. The Labute approximate surface area is 136 Å². The van der Waals surface area contributed by atoms with Crippen LogP contribution in [-0.4, -0.2) is 49.0 Å². The van der Waals surface area contributed by atoms with Crippen LogP contribution in [-0.2, 0) is 9.09 Å². The smallest absolute Gasteiger partial charge is 0.269 e. The summed E-state index contributed by atoms with van der Waals surface area (Å²) in [4.78, 5) is 12.4. The third kappa shape index (κ3) is 4.77. The number of non-ortho nitro benzene ring substituents is 1. The molecular weight excluding hydrogens is 317 g/mol. The topological polar surface area (TPSA) is 75.9 Å². The molecule has 1 heterocycles. The predicted molar refractivity (Wildman–Crippen MR) is 91.3 cm³/mol. The minimum Gasteiger partial charge on any atom is -0.369 e. The molecule has 1 aliphatic heterocycles. The summed E-state index contributed by atoms with van der Waals surface area (Å²) in [7, 11) is -2.72. The van der Waals surface area contributed by atoms with Gasteiger partial charge in [0.1, 0.15) is 0 Å². The molecule has 0 saturated carbocycles. The number of nitro benzene ring substituents is 1. The van der Waals surface area contributed by atoms with Crippen molar-refractivity contribution in [2.75, 3.05) is 44.4 Å². The van der Waals surface area contributed by atoms with Gasteiger partial charge in [-0.3, -0.25) is 14.7 Å². The molecule has 8 heteroatoms. The monoisotopic (exact) mass is 341 g/mol. The average Bonchev–Trinajstić information content (AvgIpc) is 2.55. The molecule has 0 radical (unpaired) electrons. The van der Waals surface area contributed by atoms with Gasteiger partial charge in [-0.25, -0.2) is 4.67 Å². The van der Waals surface area contributed by atoms with Gasteiger partial charge in [0.25, 0.3) is 13.2 Å². The van der Waals surface area contributed by atoms with E-state index in [0.29, 0.717) is 19.7 Å². The van der Waals surface area contributed by atoms with Crippen LogP contribution in [0.3, 0.4) is 0 Å². The molecule has 128 valence electrons. The number of hydrogen-bond donors (Lipinski definition) is 0. The molecule has 1 fully saturated rings. The van der Waals surface area contributed by atoms with Crippen molar-refractivity contribution in [3.05, 3.63) is 34.4 Å². The summed E-state index contributed by atoms with van der Waals surface area (Å²) in [6.07, 6.45) is 1.94. The lowest BCUT2D eigenvalue weighted by Gasteiger charge is -2.38. The Morgan fingerprint density at radius 1 is 1.22 bits per heavy atom. The lowest BCUT2D eigenvalue weighted by Crippen LogP contribution is -2.45. The van der Waals surface area contributed by atoms with Crippen LogP contribution in [0.1, 0.15) is 19.8 Å². The molecule has 7 nitrogen and oxygen atoms in total. The van der Waals surface area contributed by atoms with Crippen LogP contribution in [0.15, 0.2) is 24.3 Å². The van der Waals surface area contributed by atoms with Gasteiger partial charge in [-0.1, -0.05) is 13.3 Å². The number of hydrogen-bond acceptors (Lipinski definition) is 5. The van der Waals surface area contributed by atoms with Crippen LogP contribution in [0, 0.1) is 10.1 Å². The van der Waals surface area contributed by atoms with Crippen molar-refractivity contribution in [2.24, 2.45) is 0 Å². The summed E-state index contributed by atoms with van der Waals surface area (Å²) < 4.78 is 20.1. The number of nitro groups is 1. The van der Waals surface area contributed by atoms with Crippen molar-refractivity contribution in [3.63, 3.8) is 0 Å². The maximum atomic E-state index is 12.6. The van der Waals surface area contributed by atoms with Gasteiger partial charge in [-0.05, 0) is 18.6 Å². The predicted octanol–water partition coefficient (Wildman–Crippen LogP) is 3.36. The summed E-state index contributed by atoms with van der Waals surface area (Å²) >= 11 is 0. The summed E-state index contributed by atoms with van der Waals surface area (Å²) in [5.74, 6) is 0. The standard InChI is InChI=1S/C15H24N3O4P/c1-3-4-13-22-23(2,21)17-11-9-16(10-12-17)14-5-7-15(8-6-14)18(19)20/h5-8H,3-4,9-13H2,1-2H3. The molecule has 2 rings (SSSR count). The molecule has 0 aliphatic carbocycles. The Morgan fingerprint density at radius 3 is 2.35 bits per heavy atom. The fourth-order valence-corrected chi connectivity index (χ4v) is 4.10. The fourth-order valence-electron chi connectivity index (χ4n) is 2.56. The van der Waals surface area contributed by atoms with Gasteiger partial charge in [0.2, 0.25) is 0 Å². The van der Waals surface area contributed by atoms with Crippen LogP contribution in [0.5, 0.6) is 0 Å². The van der Waals surface area contributed by atoms with Gasteiger partial charge in [-0.15, -0.1) is 0 Å². The van der Waals surface area contributed by atoms with E-state index in [1.165, 1.54) is 12.1 Å². The molecule has 1 unspecified atom stereocenters. The Hall–Kier alpha value is -1.43. The lowest BCUT2D eigenvalue weighted by atomic mass is 10.2. The van der Waals surface area contributed by atoms with Gasteiger partial charge in [0.15, 0.2) is 0 Å². The molecular formula is C15H24N3O4P. The molecule has 0 N–H and O–H groups in total. The second kappa shape index (κ2) is 7.90. The van der Waals surface area contributed by atoms with Crippen molar-refractivity contribution >= 4 is 18.9 Å². The Kier molecular flexibility index (Phi) is 6.16. The second-order valence-electron chi connectivity index (χ2n) is 5.70. The fraction of sp³-hybridized carbons (Fsp3) is 0.600. The Balaban J connectivity index is 1.90. The molecule has 23 heavy (non-hydrogen) atoms. The summed E-state index contributed by atoms with van der Waals surface area (Å²) in [6.45, 7) is 7.08.